The third-order valence-corrected chi connectivity index (χ3v) is 5.27. The Morgan fingerprint density at radius 1 is 1.32 bits per heavy atom. The van der Waals surface area contributed by atoms with Crippen LogP contribution in [-0.4, -0.2) is 22.0 Å². The van der Waals surface area contributed by atoms with E-state index in [0.29, 0.717) is 27.4 Å². The molecule has 2 aromatic heterocycles. The van der Waals surface area contributed by atoms with Crippen LogP contribution < -0.4 is 19.6 Å². The summed E-state index contributed by atoms with van der Waals surface area (Å²) in [5, 5.41) is 0.228. The number of benzene rings is 2. The SMILES string of the molecule is CCOc1cc(/C=c2\sc3nc4ccccc4n3c2=O)cc(Cl)c1OC(C)=O. The number of rotatable bonds is 4. The summed E-state index contributed by atoms with van der Waals surface area (Å²) in [4.78, 5) is 29.3. The smallest absolute Gasteiger partial charge is 0.308 e. The summed E-state index contributed by atoms with van der Waals surface area (Å²) in [5.74, 6) is 0.0194. The molecule has 0 aliphatic carbocycles. The molecule has 0 amide bonds. The van der Waals surface area contributed by atoms with Crippen LogP contribution in [0.25, 0.3) is 22.1 Å². The zero-order valence-electron chi connectivity index (χ0n) is 15.1. The predicted octanol–water partition coefficient (Wildman–Crippen LogP) is 3.43. The summed E-state index contributed by atoms with van der Waals surface area (Å²) < 4.78 is 12.8. The van der Waals surface area contributed by atoms with E-state index in [-0.39, 0.29) is 16.3 Å². The number of thiazole rings is 1. The highest BCUT2D eigenvalue weighted by atomic mass is 35.5. The molecule has 0 aliphatic heterocycles. The Labute approximate surface area is 168 Å². The van der Waals surface area contributed by atoms with Gasteiger partial charge in [0.2, 0.25) is 0 Å². The lowest BCUT2D eigenvalue weighted by Crippen LogP contribution is -2.22. The van der Waals surface area contributed by atoms with Gasteiger partial charge < -0.3 is 9.47 Å². The maximum absolute atomic E-state index is 12.9. The molecule has 142 valence electrons. The third-order valence-electron chi connectivity index (χ3n) is 4.02. The summed E-state index contributed by atoms with van der Waals surface area (Å²) in [5.41, 5.74) is 2.07. The maximum atomic E-state index is 12.9. The van der Waals surface area contributed by atoms with Crippen molar-refractivity contribution >= 4 is 51.0 Å². The lowest BCUT2D eigenvalue weighted by atomic mass is 10.2. The third kappa shape index (κ3) is 3.23. The fourth-order valence-electron chi connectivity index (χ4n) is 2.94. The van der Waals surface area contributed by atoms with Gasteiger partial charge in [-0.25, -0.2) is 9.38 Å². The highest BCUT2D eigenvalue weighted by molar-refractivity contribution is 7.15. The van der Waals surface area contributed by atoms with E-state index in [1.54, 1.807) is 22.6 Å². The van der Waals surface area contributed by atoms with E-state index in [9.17, 15) is 9.59 Å². The minimum atomic E-state index is -0.493. The number of fused-ring (bicyclic) bond motifs is 3. The number of esters is 1. The molecule has 0 saturated carbocycles. The number of aromatic nitrogens is 2. The van der Waals surface area contributed by atoms with Crippen LogP contribution in [0.15, 0.2) is 41.2 Å². The Morgan fingerprint density at radius 3 is 2.86 bits per heavy atom. The lowest BCUT2D eigenvalue weighted by Gasteiger charge is -2.12. The van der Waals surface area contributed by atoms with Crippen LogP contribution >= 0.6 is 22.9 Å². The van der Waals surface area contributed by atoms with Crippen LogP contribution in [0.2, 0.25) is 5.02 Å². The van der Waals surface area contributed by atoms with E-state index in [4.69, 9.17) is 21.1 Å². The van der Waals surface area contributed by atoms with Gasteiger partial charge >= 0.3 is 5.97 Å². The van der Waals surface area contributed by atoms with Crippen LogP contribution in [0.1, 0.15) is 19.4 Å². The number of carbonyl (C=O) groups is 1. The van der Waals surface area contributed by atoms with Gasteiger partial charge in [0.15, 0.2) is 16.5 Å². The van der Waals surface area contributed by atoms with Crippen molar-refractivity contribution in [2.75, 3.05) is 6.61 Å². The molecule has 2 heterocycles. The molecule has 28 heavy (non-hydrogen) atoms. The second kappa shape index (κ2) is 7.26. The lowest BCUT2D eigenvalue weighted by molar-refractivity contribution is -0.132. The van der Waals surface area contributed by atoms with Gasteiger partial charge in [-0.15, -0.1) is 0 Å². The van der Waals surface area contributed by atoms with Gasteiger partial charge in [0.1, 0.15) is 0 Å². The molecular formula is C20H15ClN2O4S. The van der Waals surface area contributed by atoms with Crippen molar-refractivity contribution in [1.29, 1.82) is 0 Å². The van der Waals surface area contributed by atoms with Gasteiger partial charge in [-0.1, -0.05) is 35.1 Å². The summed E-state index contributed by atoms with van der Waals surface area (Å²) >= 11 is 7.59. The van der Waals surface area contributed by atoms with E-state index in [1.165, 1.54) is 18.3 Å². The van der Waals surface area contributed by atoms with Crippen LogP contribution in [0, 0.1) is 0 Å². The highest BCUT2D eigenvalue weighted by Crippen LogP contribution is 2.37. The Kier molecular flexibility index (Phi) is 4.78. The molecule has 8 heteroatoms. The van der Waals surface area contributed by atoms with Gasteiger partial charge in [-0.2, -0.15) is 0 Å². The van der Waals surface area contributed by atoms with Crippen LogP contribution in [-0.2, 0) is 4.79 Å². The Hall–Kier alpha value is -2.90. The second-order valence-corrected chi connectivity index (χ2v) is 7.41. The van der Waals surface area contributed by atoms with Gasteiger partial charge in [0.25, 0.3) is 5.56 Å². The van der Waals surface area contributed by atoms with E-state index in [2.05, 4.69) is 4.98 Å². The van der Waals surface area contributed by atoms with Crippen molar-refractivity contribution in [3.8, 4) is 11.5 Å². The minimum Gasteiger partial charge on any atom is -0.490 e. The number of ether oxygens (including phenoxy) is 2. The van der Waals surface area contributed by atoms with E-state index in [1.807, 2.05) is 31.2 Å². The van der Waals surface area contributed by atoms with Crippen LogP contribution in [0.3, 0.4) is 0 Å². The van der Waals surface area contributed by atoms with E-state index >= 15 is 0 Å². The predicted molar refractivity (Wildman–Crippen MR) is 110 cm³/mol. The van der Waals surface area contributed by atoms with Crippen molar-refractivity contribution in [2.24, 2.45) is 0 Å². The van der Waals surface area contributed by atoms with Crippen LogP contribution in [0.5, 0.6) is 11.5 Å². The molecule has 0 aliphatic rings. The summed E-state index contributed by atoms with van der Waals surface area (Å²) in [7, 11) is 0. The first kappa shape index (κ1) is 18.5. The molecule has 0 radical (unpaired) electrons. The molecule has 0 spiro atoms. The first-order chi connectivity index (χ1) is 13.5. The van der Waals surface area contributed by atoms with Crippen molar-refractivity contribution in [3.05, 3.63) is 61.9 Å². The number of nitrogens with zero attached hydrogens (tertiary/aromatic N) is 2. The molecular weight excluding hydrogens is 400 g/mol. The van der Waals surface area contributed by atoms with E-state index in [0.717, 1.165) is 11.0 Å². The molecule has 6 nitrogen and oxygen atoms in total. The zero-order valence-corrected chi connectivity index (χ0v) is 16.6. The number of hydrogen-bond donors (Lipinski definition) is 0. The van der Waals surface area contributed by atoms with Crippen molar-refractivity contribution in [1.82, 2.24) is 9.38 Å². The highest BCUT2D eigenvalue weighted by Gasteiger charge is 2.15. The van der Waals surface area contributed by atoms with Crippen LogP contribution in [0.4, 0.5) is 0 Å². The minimum absolute atomic E-state index is 0.146. The molecule has 0 bridgehead atoms. The van der Waals surface area contributed by atoms with Gasteiger partial charge in [-0.05, 0) is 42.8 Å². The molecule has 4 rings (SSSR count). The summed E-state index contributed by atoms with van der Waals surface area (Å²) in [6, 6.07) is 10.8. The quantitative estimate of drug-likeness (QED) is 0.378. The first-order valence-electron chi connectivity index (χ1n) is 8.54. The second-order valence-electron chi connectivity index (χ2n) is 5.99. The Bertz CT molecular complexity index is 1330. The van der Waals surface area contributed by atoms with Gasteiger partial charge in [0.05, 0.1) is 27.2 Å². The van der Waals surface area contributed by atoms with Gasteiger partial charge in [0, 0.05) is 6.92 Å². The number of para-hydroxylation sites is 2. The summed E-state index contributed by atoms with van der Waals surface area (Å²) in [6.07, 6.45) is 1.72. The number of imidazole rings is 1. The van der Waals surface area contributed by atoms with Crippen molar-refractivity contribution < 1.29 is 14.3 Å². The Morgan fingerprint density at radius 2 is 2.11 bits per heavy atom. The average Bonchev–Trinajstić information content (AvgIpc) is 3.15. The largest absolute Gasteiger partial charge is 0.490 e. The van der Waals surface area contributed by atoms with E-state index < -0.39 is 5.97 Å². The monoisotopic (exact) mass is 414 g/mol. The molecule has 4 aromatic rings. The number of hydrogen-bond acceptors (Lipinski definition) is 6. The molecule has 0 unspecified atom stereocenters. The summed E-state index contributed by atoms with van der Waals surface area (Å²) in [6.45, 7) is 3.48. The Balaban J connectivity index is 1.88. The van der Waals surface area contributed by atoms with Gasteiger partial charge in [-0.3, -0.25) is 9.59 Å². The maximum Gasteiger partial charge on any atom is 0.308 e. The van der Waals surface area contributed by atoms with Crippen molar-refractivity contribution in [2.45, 2.75) is 13.8 Å². The van der Waals surface area contributed by atoms with Crippen molar-refractivity contribution in [3.63, 3.8) is 0 Å². The molecule has 0 saturated heterocycles. The zero-order chi connectivity index (χ0) is 19.8. The number of carbonyl (C=O) groups excluding carboxylic acids is 1. The average molecular weight is 415 g/mol. The number of halogens is 1. The molecule has 0 N–H and O–H groups in total. The molecule has 2 aromatic carbocycles. The fraction of sp³-hybridized carbons (Fsp3) is 0.150. The fourth-order valence-corrected chi connectivity index (χ4v) is 4.18. The first-order valence-corrected chi connectivity index (χ1v) is 9.74. The molecule has 0 fully saturated rings. The standard InChI is InChI=1S/C20H15ClN2O4S/c1-3-26-16-9-12(8-13(21)18(16)27-11(2)24)10-17-19(25)23-15-7-5-4-6-14(15)22-20(23)28-17/h4-10H,3H2,1-2H3/b17-10-. The topological polar surface area (TPSA) is 69.9 Å². The molecule has 0 atom stereocenters. The normalized spacial score (nSPS) is 12.0.